The van der Waals surface area contributed by atoms with Crippen molar-refractivity contribution in [2.75, 3.05) is 7.11 Å². The van der Waals surface area contributed by atoms with Crippen LogP contribution in [0.4, 0.5) is 17.6 Å². The van der Waals surface area contributed by atoms with Gasteiger partial charge in [-0.05, 0) is 24.2 Å². The molecule has 0 heterocycles. The molecular weight excluding hydrogens is 336 g/mol. The Labute approximate surface area is 136 Å². The van der Waals surface area contributed by atoms with E-state index < -0.39 is 28.1 Å². The lowest BCUT2D eigenvalue weighted by Gasteiger charge is -2.36. The van der Waals surface area contributed by atoms with Crippen molar-refractivity contribution < 1.29 is 31.9 Å². The van der Waals surface area contributed by atoms with Crippen molar-refractivity contribution in [3.05, 3.63) is 10.7 Å². The molecule has 0 unspecified atom stereocenters. The molecule has 1 aliphatic rings. The summed E-state index contributed by atoms with van der Waals surface area (Å²) in [5, 5.41) is -2.63. The van der Waals surface area contributed by atoms with Gasteiger partial charge in [0.05, 0.1) is 12.4 Å². The van der Waals surface area contributed by atoms with Crippen LogP contribution in [0.3, 0.4) is 0 Å². The lowest BCUT2D eigenvalue weighted by molar-refractivity contribution is -0.148. The Balaban J connectivity index is 3.04. The molecule has 0 aromatic heterocycles. The highest BCUT2D eigenvalue weighted by atomic mass is 32.2. The number of rotatable bonds is 3. The van der Waals surface area contributed by atoms with Crippen LogP contribution in [0.15, 0.2) is 10.7 Å². The van der Waals surface area contributed by atoms with Gasteiger partial charge >= 0.3 is 12.1 Å². The van der Waals surface area contributed by atoms with Gasteiger partial charge in [0.2, 0.25) is 0 Å². The summed E-state index contributed by atoms with van der Waals surface area (Å²) in [7, 11) is 0.743. The van der Waals surface area contributed by atoms with E-state index >= 15 is 0 Å². The number of hydrogen-bond donors (Lipinski definition) is 0. The van der Waals surface area contributed by atoms with Crippen LogP contribution in [-0.4, -0.2) is 30.3 Å². The van der Waals surface area contributed by atoms with Crippen molar-refractivity contribution in [2.24, 2.45) is 11.3 Å². The fourth-order valence-electron chi connectivity index (χ4n) is 2.48. The van der Waals surface area contributed by atoms with Crippen molar-refractivity contribution >= 4 is 23.5 Å². The lowest BCUT2D eigenvalue weighted by Crippen LogP contribution is -2.34. The van der Waals surface area contributed by atoms with E-state index in [1.54, 1.807) is 0 Å². The second kappa shape index (κ2) is 7.23. The fraction of sp³-hybridized carbons (Fsp3) is 0.733. The molecule has 1 aliphatic carbocycles. The van der Waals surface area contributed by atoms with Crippen LogP contribution in [0.5, 0.6) is 0 Å². The van der Waals surface area contributed by atoms with Crippen molar-refractivity contribution in [1.82, 2.24) is 0 Å². The Hall–Kier alpha value is -1.05. The van der Waals surface area contributed by atoms with Gasteiger partial charge < -0.3 is 4.74 Å². The summed E-state index contributed by atoms with van der Waals surface area (Å²) >= 11 is 0.170. The van der Waals surface area contributed by atoms with Crippen LogP contribution in [0.25, 0.3) is 0 Å². The minimum absolute atomic E-state index is 0.0953. The average Bonchev–Trinajstić information content (AvgIpc) is 2.38. The molecular formula is C15H20F4O3S. The third-order valence-corrected chi connectivity index (χ3v) is 5.09. The molecule has 8 heteroatoms. The minimum atomic E-state index is -5.18. The summed E-state index contributed by atoms with van der Waals surface area (Å²) in [6.45, 7) is 5.91. The molecule has 23 heavy (non-hydrogen) atoms. The zero-order valence-electron chi connectivity index (χ0n) is 13.4. The first-order valence-electron chi connectivity index (χ1n) is 7.12. The maximum Gasteiger partial charge on any atom is 0.426 e. The third kappa shape index (κ3) is 5.22. The molecule has 0 amide bonds. The van der Waals surface area contributed by atoms with Gasteiger partial charge in [0, 0.05) is 6.42 Å². The zero-order valence-corrected chi connectivity index (χ0v) is 14.2. The molecule has 0 spiro atoms. The van der Waals surface area contributed by atoms with E-state index in [0.29, 0.717) is 6.42 Å². The quantitative estimate of drug-likeness (QED) is 0.427. The number of ketones is 1. The number of methoxy groups -OCH3 is 1. The normalized spacial score (nSPS) is 24.3. The van der Waals surface area contributed by atoms with Crippen molar-refractivity contribution in [1.29, 1.82) is 0 Å². The summed E-state index contributed by atoms with van der Waals surface area (Å²) in [4.78, 5) is 23.1. The number of carbonyl (C=O) groups excluding carboxylic acids is 2. The van der Waals surface area contributed by atoms with E-state index in [0.717, 1.165) is 7.11 Å². The molecule has 0 radical (unpaired) electrons. The maximum atomic E-state index is 14.1. The summed E-state index contributed by atoms with van der Waals surface area (Å²) in [5.74, 6) is -1.99. The van der Waals surface area contributed by atoms with Gasteiger partial charge in [0.1, 0.15) is 5.78 Å². The molecule has 132 valence electrons. The van der Waals surface area contributed by atoms with Crippen LogP contribution in [0, 0.1) is 11.3 Å². The number of halogens is 4. The number of Topliss-reactive ketones (excluding diaryl/α,β-unsaturated/α-hetero) is 1. The molecule has 0 aromatic carbocycles. The van der Waals surface area contributed by atoms with Gasteiger partial charge in [-0.3, -0.25) is 4.79 Å². The zero-order chi connectivity index (χ0) is 18.0. The first kappa shape index (κ1) is 20.0. The van der Waals surface area contributed by atoms with Gasteiger partial charge in [-0.15, -0.1) is 0 Å². The second-order valence-corrected chi connectivity index (χ2v) is 7.71. The average molecular weight is 356 g/mol. The summed E-state index contributed by atoms with van der Waals surface area (Å²) in [5.41, 5.74) is -2.12. The molecule has 1 rings (SSSR count). The van der Waals surface area contributed by atoms with Crippen LogP contribution < -0.4 is 0 Å². The first-order valence-corrected chi connectivity index (χ1v) is 8.00. The fourth-order valence-corrected chi connectivity index (χ4v) is 3.62. The highest BCUT2D eigenvalue weighted by Gasteiger charge is 2.45. The molecule has 3 nitrogen and oxygen atoms in total. The monoisotopic (exact) mass is 356 g/mol. The largest absolute Gasteiger partial charge is 0.465 e. The Morgan fingerprint density at radius 2 is 1.83 bits per heavy atom. The second-order valence-electron chi connectivity index (χ2n) is 6.55. The number of esters is 1. The number of carbonyl (C=O) groups is 2. The number of ether oxygens (including phenoxy) is 1. The molecule has 0 N–H and O–H groups in total. The summed E-state index contributed by atoms with van der Waals surface area (Å²) in [6.07, 6.45) is -4.06. The van der Waals surface area contributed by atoms with E-state index in [1.807, 2.05) is 20.8 Å². The van der Waals surface area contributed by atoms with Gasteiger partial charge in [-0.2, -0.15) is 17.6 Å². The SMILES string of the molecule is COC(=O)/C(=C(/F)S[C@@H]1C[C@@H](C(C)(C)C)CCC1=O)C(F)(F)F. The van der Waals surface area contributed by atoms with Gasteiger partial charge in [0.25, 0.3) is 0 Å². The van der Waals surface area contributed by atoms with Gasteiger partial charge in [-0.25, -0.2) is 4.79 Å². The van der Waals surface area contributed by atoms with Crippen molar-refractivity contribution in [2.45, 2.75) is 51.5 Å². The maximum absolute atomic E-state index is 14.1. The van der Waals surface area contributed by atoms with E-state index in [2.05, 4.69) is 4.74 Å². The molecule has 2 atom stereocenters. The number of alkyl halides is 3. The molecule has 1 fully saturated rings. The van der Waals surface area contributed by atoms with E-state index in [-0.39, 0.29) is 41.7 Å². The van der Waals surface area contributed by atoms with Crippen molar-refractivity contribution in [3.63, 3.8) is 0 Å². The van der Waals surface area contributed by atoms with E-state index in [4.69, 9.17) is 0 Å². The van der Waals surface area contributed by atoms with Gasteiger partial charge in [-0.1, -0.05) is 32.5 Å². The van der Waals surface area contributed by atoms with Crippen LogP contribution >= 0.6 is 11.8 Å². The highest BCUT2D eigenvalue weighted by molar-refractivity contribution is 8.04. The lowest BCUT2D eigenvalue weighted by atomic mass is 9.72. The van der Waals surface area contributed by atoms with Crippen molar-refractivity contribution in [3.8, 4) is 0 Å². The van der Waals surface area contributed by atoms with Gasteiger partial charge in [0.15, 0.2) is 10.7 Å². The third-order valence-electron chi connectivity index (χ3n) is 3.94. The topological polar surface area (TPSA) is 43.4 Å². The molecule has 0 saturated heterocycles. The van der Waals surface area contributed by atoms with Crippen LogP contribution in [-0.2, 0) is 14.3 Å². The predicted octanol–water partition coefficient (Wildman–Crippen LogP) is 4.42. The highest BCUT2D eigenvalue weighted by Crippen LogP contribution is 2.44. The minimum Gasteiger partial charge on any atom is -0.465 e. The molecule has 1 saturated carbocycles. The first-order chi connectivity index (χ1) is 10.4. The summed E-state index contributed by atoms with van der Waals surface area (Å²) in [6, 6.07) is 0. The number of thioether (sulfide) groups is 1. The summed E-state index contributed by atoms with van der Waals surface area (Å²) < 4.78 is 56.5. The Morgan fingerprint density at radius 3 is 2.26 bits per heavy atom. The smallest absolute Gasteiger partial charge is 0.426 e. The molecule has 0 aromatic rings. The molecule has 0 bridgehead atoms. The van der Waals surface area contributed by atoms with E-state index in [1.165, 1.54) is 0 Å². The Bertz CT molecular complexity index is 506. The Morgan fingerprint density at radius 1 is 1.26 bits per heavy atom. The predicted molar refractivity (Wildman–Crippen MR) is 79.4 cm³/mol. The van der Waals surface area contributed by atoms with Crippen LogP contribution in [0.1, 0.15) is 40.0 Å². The molecule has 0 aliphatic heterocycles. The Kier molecular flexibility index (Phi) is 6.29. The van der Waals surface area contributed by atoms with E-state index in [9.17, 15) is 27.2 Å². The standard InChI is InChI=1S/C15H20F4O3S/c1-14(2,3)8-5-6-9(20)10(7-8)23-12(16)11(13(21)22-4)15(17,18)19/h8,10H,5-7H2,1-4H3/b12-11+/t8-,10+/m0/s1. The number of hydrogen-bond acceptors (Lipinski definition) is 4. The van der Waals surface area contributed by atoms with Crippen LogP contribution in [0.2, 0.25) is 0 Å².